The molecule has 0 aromatic rings. The summed E-state index contributed by atoms with van der Waals surface area (Å²) >= 11 is 0. The highest BCUT2D eigenvalue weighted by atomic mass is 19.4. The predicted octanol–water partition coefficient (Wildman–Crippen LogP) is 2.15. The number of halogens is 3. The molecular formula is C12H20F3N3. The fraction of sp³-hybridized carbons (Fsp3) is 0.917. The lowest BCUT2D eigenvalue weighted by Gasteiger charge is -2.34. The summed E-state index contributed by atoms with van der Waals surface area (Å²) in [4.78, 5) is 1.82. The molecule has 1 saturated heterocycles. The minimum atomic E-state index is -4.09. The van der Waals surface area contributed by atoms with Crippen LogP contribution in [-0.4, -0.2) is 43.3 Å². The van der Waals surface area contributed by atoms with Crippen molar-refractivity contribution in [3.8, 4) is 6.07 Å². The number of rotatable bonds is 5. The van der Waals surface area contributed by atoms with Crippen LogP contribution in [0.15, 0.2) is 0 Å². The predicted molar refractivity (Wildman–Crippen MR) is 62.9 cm³/mol. The number of nitrogens with one attached hydrogen (secondary N) is 1. The first kappa shape index (κ1) is 15.3. The SMILES string of the molecule is CCNC(C#N)CCN1CCCC(C(F)(F)F)C1. The van der Waals surface area contributed by atoms with Crippen LogP contribution in [0.2, 0.25) is 0 Å². The van der Waals surface area contributed by atoms with Crippen molar-refractivity contribution in [3.05, 3.63) is 0 Å². The molecule has 1 N–H and O–H groups in total. The van der Waals surface area contributed by atoms with E-state index in [0.717, 1.165) is 0 Å². The molecule has 0 spiro atoms. The van der Waals surface area contributed by atoms with Crippen molar-refractivity contribution in [2.24, 2.45) is 5.92 Å². The average Bonchev–Trinajstić information content (AvgIpc) is 2.34. The first-order valence-electron chi connectivity index (χ1n) is 6.39. The molecule has 0 bridgehead atoms. The lowest BCUT2D eigenvalue weighted by Crippen LogP contribution is -2.43. The Morgan fingerprint density at radius 3 is 2.78 bits per heavy atom. The highest BCUT2D eigenvalue weighted by molar-refractivity contribution is 4.90. The lowest BCUT2D eigenvalue weighted by molar-refractivity contribution is -0.186. The second kappa shape index (κ2) is 6.95. The van der Waals surface area contributed by atoms with Gasteiger partial charge in [-0.25, -0.2) is 0 Å². The van der Waals surface area contributed by atoms with Crippen molar-refractivity contribution >= 4 is 0 Å². The molecule has 1 heterocycles. The number of nitrogens with zero attached hydrogens (tertiary/aromatic N) is 2. The summed E-state index contributed by atoms with van der Waals surface area (Å²) in [6.45, 7) is 3.94. The molecule has 1 fully saturated rings. The smallest absolute Gasteiger partial charge is 0.303 e. The molecular weight excluding hydrogens is 243 g/mol. The Morgan fingerprint density at radius 2 is 2.22 bits per heavy atom. The van der Waals surface area contributed by atoms with Crippen LogP contribution in [0, 0.1) is 17.2 Å². The molecule has 1 aliphatic heterocycles. The van der Waals surface area contributed by atoms with E-state index in [0.29, 0.717) is 32.5 Å². The van der Waals surface area contributed by atoms with Gasteiger partial charge >= 0.3 is 6.18 Å². The Morgan fingerprint density at radius 1 is 1.50 bits per heavy atom. The van der Waals surface area contributed by atoms with Crippen molar-refractivity contribution in [2.75, 3.05) is 26.2 Å². The van der Waals surface area contributed by atoms with Gasteiger partial charge in [-0.05, 0) is 32.4 Å². The number of alkyl halides is 3. The average molecular weight is 263 g/mol. The van der Waals surface area contributed by atoms with Crippen molar-refractivity contribution in [2.45, 2.75) is 38.4 Å². The van der Waals surface area contributed by atoms with Crippen LogP contribution in [0.5, 0.6) is 0 Å². The Kier molecular flexibility index (Phi) is 5.89. The van der Waals surface area contributed by atoms with Gasteiger partial charge < -0.3 is 10.2 Å². The van der Waals surface area contributed by atoms with Crippen LogP contribution in [0.3, 0.4) is 0 Å². The van der Waals surface area contributed by atoms with Crippen LogP contribution in [0.25, 0.3) is 0 Å². The van der Waals surface area contributed by atoms with Gasteiger partial charge in [0, 0.05) is 13.1 Å². The molecule has 0 aliphatic carbocycles. The largest absolute Gasteiger partial charge is 0.393 e. The van der Waals surface area contributed by atoms with Gasteiger partial charge in [-0.2, -0.15) is 18.4 Å². The fourth-order valence-electron chi connectivity index (χ4n) is 2.30. The Balaban J connectivity index is 2.37. The summed E-state index contributed by atoms with van der Waals surface area (Å²) in [5.74, 6) is -1.20. The van der Waals surface area contributed by atoms with Crippen LogP contribution in [0.4, 0.5) is 13.2 Å². The number of nitriles is 1. The second-order valence-corrected chi connectivity index (χ2v) is 4.71. The summed E-state index contributed by atoms with van der Waals surface area (Å²) < 4.78 is 37.8. The first-order chi connectivity index (χ1) is 8.47. The van der Waals surface area contributed by atoms with Crippen molar-refractivity contribution in [1.29, 1.82) is 5.26 Å². The summed E-state index contributed by atoms with van der Waals surface area (Å²) in [6.07, 6.45) is -2.69. The molecule has 0 amide bonds. The minimum absolute atomic E-state index is 0.0772. The van der Waals surface area contributed by atoms with Crippen LogP contribution >= 0.6 is 0 Å². The third-order valence-corrected chi connectivity index (χ3v) is 3.31. The van der Waals surface area contributed by atoms with Gasteiger partial charge in [0.2, 0.25) is 0 Å². The molecule has 6 heteroatoms. The zero-order valence-corrected chi connectivity index (χ0v) is 10.6. The van der Waals surface area contributed by atoms with E-state index in [4.69, 9.17) is 5.26 Å². The molecule has 0 aromatic carbocycles. The zero-order valence-electron chi connectivity index (χ0n) is 10.6. The van der Waals surface area contributed by atoms with Crippen molar-refractivity contribution in [1.82, 2.24) is 10.2 Å². The number of hydrogen-bond acceptors (Lipinski definition) is 3. The Labute approximate surface area is 106 Å². The van der Waals surface area contributed by atoms with Crippen LogP contribution in [0.1, 0.15) is 26.2 Å². The van der Waals surface area contributed by atoms with E-state index in [2.05, 4.69) is 11.4 Å². The van der Waals surface area contributed by atoms with Gasteiger partial charge in [0.1, 0.15) is 0 Å². The number of piperidine rings is 1. The van der Waals surface area contributed by atoms with E-state index < -0.39 is 12.1 Å². The maximum atomic E-state index is 12.6. The molecule has 1 rings (SSSR count). The van der Waals surface area contributed by atoms with E-state index in [9.17, 15) is 13.2 Å². The Bertz CT molecular complexity index is 285. The van der Waals surface area contributed by atoms with E-state index in [-0.39, 0.29) is 19.0 Å². The molecule has 0 saturated carbocycles. The van der Waals surface area contributed by atoms with E-state index >= 15 is 0 Å². The summed E-state index contributed by atoms with van der Waals surface area (Å²) in [7, 11) is 0. The monoisotopic (exact) mass is 263 g/mol. The van der Waals surface area contributed by atoms with Crippen molar-refractivity contribution < 1.29 is 13.2 Å². The van der Waals surface area contributed by atoms with Crippen LogP contribution in [-0.2, 0) is 0 Å². The molecule has 104 valence electrons. The molecule has 2 atom stereocenters. The third-order valence-electron chi connectivity index (χ3n) is 3.31. The minimum Gasteiger partial charge on any atom is -0.303 e. The third kappa shape index (κ3) is 4.83. The zero-order chi connectivity index (χ0) is 13.6. The van der Waals surface area contributed by atoms with Gasteiger partial charge in [-0.3, -0.25) is 0 Å². The summed E-state index contributed by atoms with van der Waals surface area (Å²) in [5, 5.41) is 11.9. The van der Waals surface area contributed by atoms with Crippen molar-refractivity contribution in [3.63, 3.8) is 0 Å². The fourth-order valence-corrected chi connectivity index (χ4v) is 2.30. The Hall–Kier alpha value is -0.800. The van der Waals surface area contributed by atoms with E-state index in [1.54, 1.807) is 0 Å². The van der Waals surface area contributed by atoms with Crippen LogP contribution < -0.4 is 5.32 Å². The normalized spacial score (nSPS) is 23.6. The maximum absolute atomic E-state index is 12.6. The summed E-state index contributed by atoms with van der Waals surface area (Å²) in [5.41, 5.74) is 0. The summed E-state index contributed by atoms with van der Waals surface area (Å²) in [6, 6.07) is 1.86. The molecule has 3 nitrogen and oxygen atoms in total. The van der Waals surface area contributed by atoms with Gasteiger partial charge in [0.15, 0.2) is 0 Å². The van der Waals surface area contributed by atoms with Gasteiger partial charge in [0.25, 0.3) is 0 Å². The molecule has 18 heavy (non-hydrogen) atoms. The molecule has 0 aromatic heterocycles. The lowest BCUT2D eigenvalue weighted by atomic mass is 9.97. The van der Waals surface area contributed by atoms with Gasteiger partial charge in [-0.1, -0.05) is 6.92 Å². The first-order valence-corrected chi connectivity index (χ1v) is 6.39. The maximum Gasteiger partial charge on any atom is 0.393 e. The quantitative estimate of drug-likeness (QED) is 0.826. The molecule has 1 aliphatic rings. The van der Waals surface area contributed by atoms with E-state index in [1.807, 2.05) is 11.8 Å². The highest BCUT2D eigenvalue weighted by Crippen LogP contribution is 2.33. The van der Waals surface area contributed by atoms with E-state index in [1.165, 1.54) is 0 Å². The number of hydrogen-bond donors (Lipinski definition) is 1. The second-order valence-electron chi connectivity index (χ2n) is 4.71. The standard InChI is InChI=1S/C12H20F3N3/c1-2-17-11(8-16)5-7-18-6-3-4-10(9-18)12(13,14)15/h10-11,17H,2-7,9H2,1H3. The van der Waals surface area contributed by atoms with Gasteiger partial charge in [-0.15, -0.1) is 0 Å². The topological polar surface area (TPSA) is 39.1 Å². The molecule has 0 radical (unpaired) electrons. The number of likely N-dealkylation sites (tertiary alicyclic amines) is 1. The highest BCUT2D eigenvalue weighted by Gasteiger charge is 2.41. The van der Waals surface area contributed by atoms with Gasteiger partial charge in [0.05, 0.1) is 18.0 Å². The molecule has 2 unspecified atom stereocenters.